The Hall–Kier alpha value is -4.48. The average molecular weight is 650 g/mol. The van der Waals surface area contributed by atoms with E-state index in [-0.39, 0.29) is 30.8 Å². The van der Waals surface area contributed by atoms with E-state index in [0.29, 0.717) is 18.8 Å². The van der Waals surface area contributed by atoms with Gasteiger partial charge in [-0.1, -0.05) is 122 Å². The van der Waals surface area contributed by atoms with Crippen molar-refractivity contribution in [3.63, 3.8) is 0 Å². The van der Waals surface area contributed by atoms with E-state index < -0.39 is 6.29 Å². The highest BCUT2D eigenvalue weighted by Gasteiger charge is 2.38. The largest absolute Gasteiger partial charge is 0.392 e. The first-order valence-electron chi connectivity index (χ1n) is 15.7. The van der Waals surface area contributed by atoms with Crippen molar-refractivity contribution in [1.82, 2.24) is 25.4 Å². The first-order valence-corrected chi connectivity index (χ1v) is 16.7. The fraction of sp³-hybridized carbons (Fsp3) is 0.270. The van der Waals surface area contributed by atoms with Gasteiger partial charge in [-0.3, -0.25) is 0 Å². The van der Waals surface area contributed by atoms with E-state index in [4.69, 9.17) is 9.47 Å². The van der Waals surface area contributed by atoms with Gasteiger partial charge in [-0.05, 0) is 33.4 Å². The van der Waals surface area contributed by atoms with Gasteiger partial charge in [0, 0.05) is 37.4 Å². The topological polar surface area (TPSA) is 111 Å². The van der Waals surface area contributed by atoms with Crippen LogP contribution in [0.5, 0.6) is 0 Å². The van der Waals surface area contributed by atoms with E-state index in [0.717, 1.165) is 44.1 Å². The lowest BCUT2D eigenvalue weighted by molar-refractivity contribution is -0.268. The molecule has 2 amide bonds. The summed E-state index contributed by atoms with van der Waals surface area (Å²) >= 11 is 1.62. The normalized spacial score (nSPS) is 19.3. The zero-order valence-corrected chi connectivity index (χ0v) is 27.3. The Kier molecular flexibility index (Phi) is 10.6. The summed E-state index contributed by atoms with van der Waals surface area (Å²) in [5.74, 6) is 0.756. The SMILES string of the molecule is CC1C(CSc2nncn2C)OC(c2ccc(-c3ccccc3CNC(=O)NCc3ccccc3)cc2)OC1c1ccc(CO)cc1. The molecule has 0 radical (unpaired) electrons. The van der Waals surface area contributed by atoms with Gasteiger partial charge in [0.25, 0.3) is 0 Å². The molecule has 1 aromatic heterocycles. The Morgan fingerprint density at radius 1 is 0.851 bits per heavy atom. The number of benzene rings is 4. The molecule has 0 bridgehead atoms. The molecule has 1 saturated heterocycles. The number of aryl methyl sites for hydroxylation is 1. The minimum atomic E-state index is -0.571. The lowest BCUT2D eigenvalue weighted by Crippen LogP contribution is -2.38. The van der Waals surface area contributed by atoms with Crippen molar-refractivity contribution in [2.24, 2.45) is 13.0 Å². The van der Waals surface area contributed by atoms with Crippen molar-refractivity contribution in [3.05, 3.63) is 137 Å². The molecule has 2 heterocycles. The van der Waals surface area contributed by atoms with Crippen LogP contribution in [-0.4, -0.2) is 37.8 Å². The van der Waals surface area contributed by atoms with Crippen LogP contribution in [0.1, 0.15) is 47.1 Å². The maximum Gasteiger partial charge on any atom is 0.315 e. The predicted octanol–water partition coefficient (Wildman–Crippen LogP) is 6.56. The minimum Gasteiger partial charge on any atom is -0.392 e. The van der Waals surface area contributed by atoms with Gasteiger partial charge in [-0.25, -0.2) is 4.79 Å². The number of rotatable bonds is 11. The molecule has 0 saturated carbocycles. The maximum absolute atomic E-state index is 12.5. The number of aromatic nitrogens is 3. The molecule has 4 unspecified atom stereocenters. The summed E-state index contributed by atoms with van der Waals surface area (Å²) in [5.41, 5.74) is 6.96. The van der Waals surface area contributed by atoms with Gasteiger partial charge >= 0.3 is 6.03 Å². The molecule has 47 heavy (non-hydrogen) atoms. The minimum absolute atomic E-state index is 0.00292. The van der Waals surface area contributed by atoms with Crippen LogP contribution in [0, 0.1) is 5.92 Å². The van der Waals surface area contributed by atoms with Crippen molar-refractivity contribution >= 4 is 17.8 Å². The molecule has 4 aromatic carbocycles. The second-order valence-corrected chi connectivity index (χ2v) is 12.6. The summed E-state index contributed by atoms with van der Waals surface area (Å²) in [6, 6.07) is 33.9. The molecule has 3 N–H and O–H groups in total. The van der Waals surface area contributed by atoms with Crippen molar-refractivity contribution in [2.45, 2.75) is 50.3 Å². The summed E-state index contributed by atoms with van der Waals surface area (Å²) in [4.78, 5) is 12.5. The van der Waals surface area contributed by atoms with Crippen LogP contribution in [0.25, 0.3) is 11.1 Å². The van der Waals surface area contributed by atoms with Gasteiger partial charge in [-0.15, -0.1) is 10.2 Å². The standard InChI is InChI=1S/C37H39N5O4S/c1-25-33(23-47-37-41-40-24-42(37)2)45-35(46-34(25)29-14-12-27(22-43)13-15-29)30-18-16-28(17-19-30)32-11-7-6-10-31(32)21-39-36(44)38-20-26-8-4-3-5-9-26/h3-19,24-25,33-35,43H,20-23H2,1-2H3,(H2,38,39,44). The van der Waals surface area contributed by atoms with Crippen molar-refractivity contribution in [1.29, 1.82) is 0 Å². The molecule has 4 atom stereocenters. The number of ether oxygens (including phenoxy) is 2. The lowest BCUT2D eigenvalue weighted by atomic mass is 9.91. The third kappa shape index (κ3) is 8.09. The number of thioether (sulfide) groups is 1. The third-order valence-electron chi connectivity index (χ3n) is 8.42. The van der Waals surface area contributed by atoms with E-state index >= 15 is 0 Å². The number of hydrogen-bond acceptors (Lipinski definition) is 7. The number of urea groups is 1. The molecule has 1 fully saturated rings. The van der Waals surface area contributed by atoms with Gasteiger partial charge < -0.3 is 29.8 Å². The number of aliphatic hydroxyl groups is 1. The molecule has 0 spiro atoms. The molecule has 9 nitrogen and oxygen atoms in total. The van der Waals surface area contributed by atoms with Crippen LogP contribution in [0.3, 0.4) is 0 Å². The Morgan fingerprint density at radius 3 is 2.28 bits per heavy atom. The number of aliphatic hydroxyl groups excluding tert-OH is 1. The molecule has 242 valence electrons. The summed E-state index contributed by atoms with van der Waals surface area (Å²) in [6.45, 7) is 3.01. The zero-order chi connectivity index (χ0) is 32.6. The predicted molar refractivity (Wildman–Crippen MR) is 182 cm³/mol. The molecule has 5 aromatic rings. The molecule has 6 rings (SSSR count). The van der Waals surface area contributed by atoms with E-state index in [1.165, 1.54) is 0 Å². The fourth-order valence-corrected chi connectivity index (χ4v) is 6.71. The molecule has 1 aliphatic heterocycles. The van der Waals surface area contributed by atoms with Gasteiger partial charge in [0.2, 0.25) is 0 Å². The van der Waals surface area contributed by atoms with E-state index in [1.807, 2.05) is 96.5 Å². The first-order chi connectivity index (χ1) is 23.0. The van der Waals surface area contributed by atoms with Crippen molar-refractivity contribution < 1.29 is 19.4 Å². The molecule has 10 heteroatoms. The van der Waals surface area contributed by atoms with Gasteiger partial charge in [0.05, 0.1) is 18.8 Å². The zero-order valence-electron chi connectivity index (χ0n) is 26.5. The highest BCUT2D eigenvalue weighted by Crippen LogP contribution is 2.43. The number of carbonyl (C=O) groups excluding carboxylic acids is 1. The van der Waals surface area contributed by atoms with Crippen LogP contribution in [-0.2, 0) is 36.2 Å². The van der Waals surface area contributed by atoms with Crippen LogP contribution in [0.2, 0.25) is 0 Å². The van der Waals surface area contributed by atoms with Gasteiger partial charge in [-0.2, -0.15) is 0 Å². The van der Waals surface area contributed by atoms with Gasteiger partial charge in [0.1, 0.15) is 6.33 Å². The Balaban J connectivity index is 1.16. The average Bonchev–Trinajstić information content (AvgIpc) is 3.54. The Labute approximate surface area is 279 Å². The second kappa shape index (κ2) is 15.4. The smallest absolute Gasteiger partial charge is 0.315 e. The van der Waals surface area contributed by atoms with Crippen LogP contribution >= 0.6 is 11.8 Å². The number of carbonyl (C=O) groups is 1. The number of nitrogens with one attached hydrogen (secondary N) is 2. The van der Waals surface area contributed by atoms with Crippen LogP contribution in [0.15, 0.2) is 115 Å². The maximum atomic E-state index is 12.5. The van der Waals surface area contributed by atoms with E-state index in [1.54, 1.807) is 18.1 Å². The number of nitrogens with zero attached hydrogens (tertiary/aromatic N) is 3. The molecular weight excluding hydrogens is 611 g/mol. The molecule has 0 aliphatic carbocycles. The van der Waals surface area contributed by atoms with Crippen LogP contribution < -0.4 is 10.6 Å². The number of hydrogen-bond donors (Lipinski definition) is 3. The van der Waals surface area contributed by atoms with Crippen LogP contribution in [0.4, 0.5) is 4.79 Å². The van der Waals surface area contributed by atoms with Crippen molar-refractivity contribution in [2.75, 3.05) is 5.75 Å². The van der Waals surface area contributed by atoms with Crippen molar-refractivity contribution in [3.8, 4) is 11.1 Å². The highest BCUT2D eigenvalue weighted by atomic mass is 32.2. The summed E-state index contributed by atoms with van der Waals surface area (Å²) < 4.78 is 15.2. The Bertz CT molecular complexity index is 1750. The molecule has 1 aliphatic rings. The summed E-state index contributed by atoms with van der Waals surface area (Å²) in [5, 5.41) is 24.5. The Morgan fingerprint density at radius 2 is 1.55 bits per heavy atom. The van der Waals surface area contributed by atoms with E-state index in [2.05, 4.69) is 46.0 Å². The monoisotopic (exact) mass is 649 g/mol. The second-order valence-electron chi connectivity index (χ2n) is 11.7. The molecular formula is C37H39N5O4S. The summed E-state index contributed by atoms with van der Waals surface area (Å²) in [6.07, 6.45) is 0.809. The third-order valence-corrected chi connectivity index (χ3v) is 9.54. The fourth-order valence-electron chi connectivity index (χ4n) is 5.66. The lowest BCUT2D eigenvalue weighted by Gasteiger charge is -2.41. The van der Waals surface area contributed by atoms with Gasteiger partial charge in [0.15, 0.2) is 11.4 Å². The first kappa shape index (κ1) is 32.5. The summed E-state index contributed by atoms with van der Waals surface area (Å²) in [7, 11) is 1.93. The van der Waals surface area contributed by atoms with E-state index in [9.17, 15) is 9.90 Å². The number of amides is 2. The quantitative estimate of drug-likeness (QED) is 0.139. The highest BCUT2D eigenvalue weighted by molar-refractivity contribution is 7.99.